The van der Waals surface area contributed by atoms with Gasteiger partial charge in [-0.1, -0.05) is 35.3 Å². The molecule has 1 aliphatic heterocycles. The number of ether oxygens (including phenoxy) is 1. The predicted octanol–water partition coefficient (Wildman–Crippen LogP) is 4.71. The number of nitriles is 1. The highest BCUT2D eigenvalue weighted by atomic mass is 35.5. The second-order valence-corrected chi connectivity index (χ2v) is 6.78. The molecule has 2 aromatic rings. The van der Waals surface area contributed by atoms with Crippen molar-refractivity contribution < 1.29 is 9.53 Å². The normalized spacial score (nSPS) is 16.6. The van der Waals surface area contributed by atoms with E-state index in [-0.39, 0.29) is 17.0 Å². The number of allylic oxidation sites excluding steroid dienone is 2. The molecule has 5 nitrogen and oxygen atoms in total. The number of amides is 1. The quantitative estimate of drug-likeness (QED) is 0.781. The van der Waals surface area contributed by atoms with E-state index < -0.39 is 11.8 Å². The van der Waals surface area contributed by atoms with Gasteiger partial charge in [-0.3, -0.25) is 4.79 Å². The SMILES string of the molecule is CC1=C(C(=O)Nc2ccc(Cl)cc2)[C@@H](c2cccc(Cl)c2)C(C#N)=C(N)O1. The summed E-state index contributed by atoms with van der Waals surface area (Å²) in [6, 6.07) is 15.7. The Bertz CT molecular complexity index is 1000. The zero-order valence-electron chi connectivity index (χ0n) is 14.3. The average Bonchev–Trinajstić information content (AvgIpc) is 2.63. The molecule has 3 rings (SSSR count). The van der Waals surface area contributed by atoms with Gasteiger partial charge in [-0.15, -0.1) is 0 Å². The monoisotopic (exact) mass is 399 g/mol. The van der Waals surface area contributed by atoms with Crippen molar-refractivity contribution in [3.8, 4) is 6.07 Å². The predicted molar refractivity (Wildman–Crippen MR) is 105 cm³/mol. The van der Waals surface area contributed by atoms with E-state index in [0.717, 1.165) is 0 Å². The fourth-order valence-electron chi connectivity index (χ4n) is 2.93. The molecule has 0 aliphatic carbocycles. The Morgan fingerprint density at radius 1 is 1.19 bits per heavy atom. The molecule has 136 valence electrons. The standard InChI is InChI=1S/C20H15Cl2N3O2/c1-11-17(20(26)25-15-7-5-13(21)6-8-15)18(16(10-23)19(24)27-11)12-3-2-4-14(22)9-12/h2-9,18H,24H2,1H3,(H,25,26)/t18-/m0/s1. The van der Waals surface area contributed by atoms with Crippen LogP contribution in [0.2, 0.25) is 10.0 Å². The lowest BCUT2D eigenvalue weighted by Crippen LogP contribution is -2.27. The van der Waals surface area contributed by atoms with Crippen LogP contribution in [0.15, 0.2) is 71.3 Å². The summed E-state index contributed by atoms with van der Waals surface area (Å²) < 4.78 is 5.46. The van der Waals surface area contributed by atoms with Gasteiger partial charge in [0.2, 0.25) is 5.88 Å². The van der Waals surface area contributed by atoms with Gasteiger partial charge in [0.25, 0.3) is 5.91 Å². The van der Waals surface area contributed by atoms with E-state index in [1.54, 1.807) is 55.5 Å². The lowest BCUT2D eigenvalue weighted by atomic mass is 9.82. The van der Waals surface area contributed by atoms with Gasteiger partial charge in [0.15, 0.2) is 0 Å². The Balaban J connectivity index is 2.04. The zero-order chi connectivity index (χ0) is 19.6. The van der Waals surface area contributed by atoms with Crippen molar-refractivity contribution in [3.63, 3.8) is 0 Å². The van der Waals surface area contributed by atoms with Crippen molar-refractivity contribution in [1.29, 1.82) is 5.26 Å². The Labute approximate surface area is 166 Å². The summed E-state index contributed by atoms with van der Waals surface area (Å²) in [6.07, 6.45) is 0. The summed E-state index contributed by atoms with van der Waals surface area (Å²) in [7, 11) is 0. The van der Waals surface area contributed by atoms with Crippen LogP contribution < -0.4 is 11.1 Å². The van der Waals surface area contributed by atoms with Crippen LogP contribution in [0.4, 0.5) is 5.69 Å². The van der Waals surface area contributed by atoms with E-state index in [2.05, 4.69) is 11.4 Å². The van der Waals surface area contributed by atoms with E-state index in [4.69, 9.17) is 33.7 Å². The smallest absolute Gasteiger partial charge is 0.255 e. The molecular formula is C20H15Cl2N3O2. The van der Waals surface area contributed by atoms with Crippen molar-refractivity contribution in [2.75, 3.05) is 5.32 Å². The van der Waals surface area contributed by atoms with Crippen molar-refractivity contribution in [2.45, 2.75) is 12.8 Å². The number of anilines is 1. The summed E-state index contributed by atoms with van der Waals surface area (Å²) >= 11 is 12.0. The topological polar surface area (TPSA) is 88.1 Å². The molecule has 1 atom stereocenters. The average molecular weight is 400 g/mol. The first kappa shape index (κ1) is 18.8. The Morgan fingerprint density at radius 3 is 2.52 bits per heavy atom. The second kappa shape index (κ2) is 7.75. The van der Waals surface area contributed by atoms with Crippen LogP contribution in [-0.4, -0.2) is 5.91 Å². The summed E-state index contributed by atoms with van der Waals surface area (Å²) in [5, 5.41) is 13.5. The third-order valence-corrected chi connectivity index (χ3v) is 4.62. The zero-order valence-corrected chi connectivity index (χ0v) is 15.8. The number of carbonyl (C=O) groups excluding carboxylic acids is 1. The van der Waals surface area contributed by atoms with E-state index in [1.807, 2.05) is 0 Å². The number of hydrogen-bond donors (Lipinski definition) is 2. The molecule has 0 aromatic heterocycles. The van der Waals surface area contributed by atoms with Crippen molar-refractivity contribution >= 4 is 34.8 Å². The summed E-state index contributed by atoms with van der Waals surface area (Å²) in [6.45, 7) is 1.63. The Kier molecular flexibility index (Phi) is 5.41. The fraction of sp³-hybridized carbons (Fsp3) is 0.100. The first-order valence-electron chi connectivity index (χ1n) is 8.01. The molecule has 0 radical (unpaired) electrons. The van der Waals surface area contributed by atoms with Crippen LogP contribution in [0.25, 0.3) is 0 Å². The maximum absolute atomic E-state index is 13.0. The number of hydrogen-bond acceptors (Lipinski definition) is 4. The number of nitrogens with one attached hydrogen (secondary N) is 1. The number of rotatable bonds is 3. The number of benzene rings is 2. The third kappa shape index (κ3) is 3.92. The van der Waals surface area contributed by atoms with Gasteiger partial charge in [0.1, 0.15) is 17.4 Å². The minimum Gasteiger partial charge on any atom is -0.445 e. The van der Waals surface area contributed by atoms with Crippen LogP contribution in [0.5, 0.6) is 0 Å². The second-order valence-electron chi connectivity index (χ2n) is 5.91. The van der Waals surface area contributed by atoms with Gasteiger partial charge in [0.05, 0.1) is 11.5 Å². The first-order chi connectivity index (χ1) is 12.9. The van der Waals surface area contributed by atoms with Gasteiger partial charge < -0.3 is 15.8 Å². The van der Waals surface area contributed by atoms with Crippen LogP contribution >= 0.6 is 23.2 Å². The van der Waals surface area contributed by atoms with Crippen molar-refractivity contribution in [3.05, 3.63) is 86.9 Å². The van der Waals surface area contributed by atoms with Crippen LogP contribution in [0, 0.1) is 11.3 Å². The molecule has 1 amide bonds. The molecule has 0 fully saturated rings. The molecule has 0 saturated carbocycles. The Hall–Kier alpha value is -2.94. The molecule has 3 N–H and O–H groups in total. The number of halogens is 2. The highest BCUT2D eigenvalue weighted by Crippen LogP contribution is 2.40. The molecule has 0 unspecified atom stereocenters. The van der Waals surface area contributed by atoms with Crippen LogP contribution in [-0.2, 0) is 9.53 Å². The molecule has 1 heterocycles. The first-order valence-corrected chi connectivity index (χ1v) is 8.77. The molecular weight excluding hydrogens is 385 g/mol. The number of carbonyl (C=O) groups is 1. The third-order valence-electron chi connectivity index (χ3n) is 4.13. The lowest BCUT2D eigenvalue weighted by molar-refractivity contribution is -0.113. The van der Waals surface area contributed by atoms with Gasteiger partial charge in [-0.2, -0.15) is 5.26 Å². The van der Waals surface area contributed by atoms with Crippen LogP contribution in [0.1, 0.15) is 18.4 Å². The van der Waals surface area contributed by atoms with Crippen molar-refractivity contribution in [1.82, 2.24) is 0 Å². The van der Waals surface area contributed by atoms with Crippen LogP contribution in [0.3, 0.4) is 0 Å². The minimum absolute atomic E-state index is 0.0250. The van der Waals surface area contributed by atoms with Crippen molar-refractivity contribution in [2.24, 2.45) is 5.73 Å². The van der Waals surface area contributed by atoms with Gasteiger partial charge in [-0.25, -0.2) is 0 Å². The molecule has 0 saturated heterocycles. The molecule has 27 heavy (non-hydrogen) atoms. The lowest BCUT2D eigenvalue weighted by Gasteiger charge is -2.27. The largest absolute Gasteiger partial charge is 0.445 e. The van der Waals surface area contributed by atoms with E-state index in [0.29, 0.717) is 27.1 Å². The maximum Gasteiger partial charge on any atom is 0.255 e. The summed E-state index contributed by atoms with van der Waals surface area (Å²) in [4.78, 5) is 13.0. The molecule has 2 aromatic carbocycles. The Morgan fingerprint density at radius 2 is 1.89 bits per heavy atom. The van der Waals surface area contributed by atoms with Gasteiger partial charge >= 0.3 is 0 Å². The minimum atomic E-state index is -0.685. The summed E-state index contributed by atoms with van der Waals surface area (Å²) in [5.74, 6) is -0.791. The van der Waals surface area contributed by atoms with E-state index in [9.17, 15) is 10.1 Å². The number of nitrogens with zero attached hydrogens (tertiary/aromatic N) is 1. The highest BCUT2D eigenvalue weighted by molar-refractivity contribution is 6.31. The van der Waals surface area contributed by atoms with E-state index >= 15 is 0 Å². The molecule has 7 heteroatoms. The van der Waals surface area contributed by atoms with E-state index in [1.165, 1.54) is 0 Å². The van der Waals surface area contributed by atoms with Gasteiger partial charge in [-0.05, 0) is 48.9 Å². The maximum atomic E-state index is 13.0. The summed E-state index contributed by atoms with van der Waals surface area (Å²) in [5.41, 5.74) is 7.58. The fourth-order valence-corrected chi connectivity index (χ4v) is 3.25. The molecule has 1 aliphatic rings. The number of nitrogens with two attached hydrogens (primary N) is 1. The molecule has 0 spiro atoms. The molecule has 0 bridgehead atoms. The highest BCUT2D eigenvalue weighted by Gasteiger charge is 2.35. The van der Waals surface area contributed by atoms with Gasteiger partial charge in [0, 0.05) is 15.7 Å².